The van der Waals surface area contributed by atoms with Gasteiger partial charge in [0.15, 0.2) is 0 Å². The molecule has 1 saturated heterocycles. The van der Waals surface area contributed by atoms with E-state index < -0.39 is 34.6 Å². The van der Waals surface area contributed by atoms with Gasteiger partial charge < -0.3 is 15.4 Å². The van der Waals surface area contributed by atoms with E-state index in [0.29, 0.717) is 13.2 Å². The lowest BCUT2D eigenvalue weighted by atomic mass is 9.90. The third kappa shape index (κ3) is 4.04. The minimum absolute atomic E-state index is 0.0539. The smallest absolute Gasteiger partial charge is 0.239 e. The van der Waals surface area contributed by atoms with Crippen LogP contribution in [0.1, 0.15) is 26.7 Å². The average Bonchev–Trinajstić information content (AvgIpc) is 3.01. The molecule has 2 amide bonds. The Bertz CT molecular complexity index is 579. The molecule has 1 fully saturated rings. The van der Waals surface area contributed by atoms with E-state index in [1.165, 1.54) is 19.9 Å². The molecule has 2 N–H and O–H groups in total. The molecule has 23 heavy (non-hydrogen) atoms. The van der Waals surface area contributed by atoms with Crippen molar-refractivity contribution in [3.8, 4) is 0 Å². The number of nitrogens with one attached hydrogen (secondary N) is 2. The van der Waals surface area contributed by atoms with E-state index in [1.54, 1.807) is 0 Å². The minimum atomic E-state index is -1.48. The summed E-state index contributed by atoms with van der Waals surface area (Å²) >= 11 is 0. The lowest BCUT2D eigenvalue weighted by molar-refractivity contribution is -0.138. The van der Waals surface area contributed by atoms with Crippen LogP contribution in [0.3, 0.4) is 0 Å². The molecule has 1 aromatic rings. The first kappa shape index (κ1) is 17.3. The fourth-order valence-electron chi connectivity index (χ4n) is 2.22. The summed E-state index contributed by atoms with van der Waals surface area (Å²) in [6.45, 7) is 3.76. The number of para-hydroxylation sites is 1. The second-order valence-electron chi connectivity index (χ2n) is 6.02. The van der Waals surface area contributed by atoms with Crippen molar-refractivity contribution in [1.82, 2.24) is 5.32 Å². The highest BCUT2D eigenvalue weighted by molar-refractivity contribution is 6.09. The molecule has 1 aliphatic heterocycles. The quantitative estimate of drug-likeness (QED) is 0.816. The minimum Gasteiger partial charge on any atom is -0.376 e. The number of carbonyl (C=O) groups excluding carboxylic acids is 2. The Morgan fingerprint density at radius 2 is 1.91 bits per heavy atom. The zero-order valence-electron chi connectivity index (χ0n) is 13.1. The van der Waals surface area contributed by atoms with Crippen molar-refractivity contribution in [2.75, 3.05) is 18.5 Å². The predicted octanol–water partition coefficient (Wildman–Crippen LogP) is 2.22. The van der Waals surface area contributed by atoms with Crippen LogP contribution < -0.4 is 10.6 Å². The molecule has 0 spiro atoms. The Labute approximate surface area is 133 Å². The van der Waals surface area contributed by atoms with Gasteiger partial charge in [0.2, 0.25) is 11.8 Å². The second kappa shape index (κ2) is 7.04. The van der Waals surface area contributed by atoms with Crippen LogP contribution in [0.2, 0.25) is 0 Å². The Hall–Kier alpha value is -2.02. The van der Waals surface area contributed by atoms with Gasteiger partial charge in [0.25, 0.3) is 0 Å². The Morgan fingerprint density at radius 3 is 2.48 bits per heavy atom. The summed E-state index contributed by atoms with van der Waals surface area (Å²) in [5.74, 6) is -3.10. The molecular formula is C16H20F2N2O3. The molecule has 126 valence electrons. The van der Waals surface area contributed by atoms with Crippen molar-refractivity contribution in [3.63, 3.8) is 0 Å². The van der Waals surface area contributed by atoms with Gasteiger partial charge in [0.1, 0.15) is 22.7 Å². The fraction of sp³-hybridized carbons (Fsp3) is 0.500. The van der Waals surface area contributed by atoms with E-state index in [4.69, 9.17) is 4.74 Å². The first-order valence-corrected chi connectivity index (χ1v) is 7.47. The number of hydrogen-bond donors (Lipinski definition) is 2. The summed E-state index contributed by atoms with van der Waals surface area (Å²) in [4.78, 5) is 24.4. The van der Waals surface area contributed by atoms with Gasteiger partial charge >= 0.3 is 0 Å². The van der Waals surface area contributed by atoms with Crippen LogP contribution in [0.5, 0.6) is 0 Å². The monoisotopic (exact) mass is 326 g/mol. The topological polar surface area (TPSA) is 67.4 Å². The molecule has 1 aromatic carbocycles. The summed E-state index contributed by atoms with van der Waals surface area (Å²) in [6, 6.07) is 3.26. The summed E-state index contributed by atoms with van der Waals surface area (Å²) in [6.07, 6.45) is 1.74. The van der Waals surface area contributed by atoms with Crippen molar-refractivity contribution in [3.05, 3.63) is 29.8 Å². The number of amides is 2. The molecule has 2 rings (SSSR count). The number of halogens is 2. The van der Waals surface area contributed by atoms with E-state index in [1.807, 2.05) is 0 Å². The van der Waals surface area contributed by atoms with Gasteiger partial charge in [0.05, 0.1) is 6.10 Å². The first-order chi connectivity index (χ1) is 10.8. The summed E-state index contributed by atoms with van der Waals surface area (Å²) in [5, 5.41) is 4.80. The number of rotatable bonds is 5. The Balaban J connectivity index is 1.99. The molecule has 5 nitrogen and oxygen atoms in total. The lowest BCUT2D eigenvalue weighted by Gasteiger charge is -2.23. The highest BCUT2D eigenvalue weighted by Crippen LogP contribution is 2.23. The lowest BCUT2D eigenvalue weighted by Crippen LogP contribution is -2.47. The van der Waals surface area contributed by atoms with Crippen molar-refractivity contribution in [1.29, 1.82) is 0 Å². The third-order valence-electron chi connectivity index (χ3n) is 3.85. The highest BCUT2D eigenvalue weighted by Gasteiger charge is 2.37. The van der Waals surface area contributed by atoms with Gasteiger partial charge in [-0.15, -0.1) is 0 Å². The standard InChI is InChI=1S/C16H20F2N2O3/c1-16(2,14(21)19-9-10-5-4-8-23-10)15(22)20-13-11(17)6-3-7-12(13)18/h3,6-7,10H,4-5,8-9H2,1-2H3,(H,19,21)(H,20,22). The van der Waals surface area contributed by atoms with E-state index >= 15 is 0 Å². The SMILES string of the molecule is CC(C)(C(=O)NCC1CCCO1)C(=O)Nc1c(F)cccc1F. The molecular weight excluding hydrogens is 306 g/mol. The summed E-state index contributed by atoms with van der Waals surface area (Å²) in [7, 11) is 0. The van der Waals surface area contributed by atoms with Gasteiger partial charge in [-0.3, -0.25) is 9.59 Å². The molecule has 0 bridgehead atoms. The molecule has 0 radical (unpaired) electrons. The molecule has 1 atom stereocenters. The van der Waals surface area contributed by atoms with Crippen LogP contribution in [0.4, 0.5) is 14.5 Å². The second-order valence-corrected chi connectivity index (χ2v) is 6.02. The van der Waals surface area contributed by atoms with Gasteiger partial charge in [-0.1, -0.05) is 6.07 Å². The molecule has 1 aliphatic rings. The number of hydrogen-bond acceptors (Lipinski definition) is 3. The maximum Gasteiger partial charge on any atom is 0.239 e. The Kier molecular flexibility index (Phi) is 5.30. The first-order valence-electron chi connectivity index (χ1n) is 7.47. The number of carbonyl (C=O) groups is 2. The maximum atomic E-state index is 13.6. The molecule has 0 aromatic heterocycles. The number of anilines is 1. The van der Waals surface area contributed by atoms with E-state index in [-0.39, 0.29) is 6.10 Å². The van der Waals surface area contributed by atoms with Crippen LogP contribution >= 0.6 is 0 Å². The number of benzene rings is 1. The largest absolute Gasteiger partial charge is 0.376 e. The van der Waals surface area contributed by atoms with E-state index in [0.717, 1.165) is 25.0 Å². The van der Waals surface area contributed by atoms with Crippen LogP contribution in [-0.2, 0) is 14.3 Å². The van der Waals surface area contributed by atoms with E-state index in [9.17, 15) is 18.4 Å². The van der Waals surface area contributed by atoms with E-state index in [2.05, 4.69) is 10.6 Å². The maximum absolute atomic E-state index is 13.6. The van der Waals surface area contributed by atoms with Crippen molar-refractivity contribution in [2.24, 2.45) is 5.41 Å². The van der Waals surface area contributed by atoms with Crippen molar-refractivity contribution < 1.29 is 23.1 Å². The highest BCUT2D eigenvalue weighted by atomic mass is 19.1. The van der Waals surface area contributed by atoms with Gasteiger partial charge in [-0.25, -0.2) is 8.78 Å². The molecule has 0 aliphatic carbocycles. The zero-order chi connectivity index (χ0) is 17.0. The molecule has 1 unspecified atom stereocenters. The predicted molar refractivity (Wildman–Crippen MR) is 80.8 cm³/mol. The van der Waals surface area contributed by atoms with Crippen molar-refractivity contribution in [2.45, 2.75) is 32.8 Å². The van der Waals surface area contributed by atoms with Gasteiger partial charge in [-0.05, 0) is 38.8 Å². The normalized spacial score (nSPS) is 17.8. The van der Waals surface area contributed by atoms with Crippen LogP contribution in [0, 0.1) is 17.0 Å². The van der Waals surface area contributed by atoms with Crippen molar-refractivity contribution >= 4 is 17.5 Å². The zero-order valence-corrected chi connectivity index (χ0v) is 13.1. The van der Waals surface area contributed by atoms with Gasteiger partial charge in [0, 0.05) is 13.2 Å². The molecule has 7 heteroatoms. The summed E-state index contributed by atoms with van der Waals surface area (Å²) in [5.41, 5.74) is -2.04. The Morgan fingerprint density at radius 1 is 1.26 bits per heavy atom. The summed E-state index contributed by atoms with van der Waals surface area (Å²) < 4.78 is 32.6. The van der Waals surface area contributed by atoms with Gasteiger partial charge in [-0.2, -0.15) is 0 Å². The molecule has 0 saturated carbocycles. The third-order valence-corrected chi connectivity index (χ3v) is 3.85. The van der Waals surface area contributed by atoms with Crippen LogP contribution in [0.15, 0.2) is 18.2 Å². The van der Waals surface area contributed by atoms with Crippen LogP contribution in [0.25, 0.3) is 0 Å². The average molecular weight is 326 g/mol. The molecule has 1 heterocycles. The number of ether oxygens (including phenoxy) is 1. The fourth-order valence-corrected chi connectivity index (χ4v) is 2.22. The van der Waals surface area contributed by atoms with Crippen LogP contribution in [-0.4, -0.2) is 31.1 Å².